The molecule has 2 amide bonds. The third kappa shape index (κ3) is 13.1. The van der Waals surface area contributed by atoms with Crippen molar-refractivity contribution in [1.29, 1.82) is 0 Å². The minimum atomic E-state index is -0.0614. The smallest absolute Gasteiger partial charge is 0.279 e. The number of aryl methyl sites for hydroxylation is 4. The standard InChI is InChI=1S/C40H64N4O3S/c1-32-19-17-20-33(2)38(32)41-37(46)31-44(27-13-7-15-29-45,28-14-8-16-30-48)26-12-6-5-10-24-43-25-11-9-23-36(43)40(47)42-39-34(3)21-18-22-35(39)4/h17-22,36,45H,5-16,23-31H2,1-4H3,(H2-,41,42,46,47,48)/p+1/t36-,44?/m0/s1. The van der Waals surface area contributed by atoms with E-state index in [1.807, 2.05) is 12.1 Å². The number of nitrogens with one attached hydrogen (secondary N) is 2. The molecule has 3 rings (SSSR count). The van der Waals surface area contributed by atoms with E-state index >= 15 is 0 Å². The van der Waals surface area contributed by atoms with Crippen LogP contribution in [0.1, 0.15) is 106 Å². The Morgan fingerprint density at radius 1 is 0.750 bits per heavy atom. The highest BCUT2D eigenvalue weighted by molar-refractivity contribution is 7.80. The summed E-state index contributed by atoms with van der Waals surface area (Å²) in [6.45, 7) is 13.8. The van der Waals surface area contributed by atoms with Crippen molar-refractivity contribution in [2.75, 3.05) is 62.3 Å². The quantitative estimate of drug-likeness (QED) is 0.0577. The third-order valence-corrected chi connectivity index (χ3v) is 10.6. The Labute approximate surface area is 297 Å². The second-order valence-electron chi connectivity index (χ2n) is 14.3. The van der Waals surface area contributed by atoms with Gasteiger partial charge in [0.15, 0.2) is 6.54 Å². The van der Waals surface area contributed by atoms with Gasteiger partial charge in [-0.15, -0.1) is 0 Å². The van der Waals surface area contributed by atoms with E-state index < -0.39 is 0 Å². The van der Waals surface area contributed by atoms with Crippen LogP contribution in [0.2, 0.25) is 0 Å². The average molecular weight is 682 g/mol. The minimum Gasteiger partial charge on any atom is -0.396 e. The van der Waals surface area contributed by atoms with E-state index in [0.717, 1.165) is 160 Å². The molecule has 1 saturated heterocycles. The highest BCUT2D eigenvalue weighted by Gasteiger charge is 2.31. The zero-order valence-corrected chi connectivity index (χ0v) is 31.4. The lowest BCUT2D eigenvalue weighted by atomic mass is 10.00. The minimum absolute atomic E-state index is 0.0614. The molecule has 2 atom stereocenters. The SMILES string of the molecule is Cc1cccc(C)c1NC(=O)C[N+](CCCCCO)(CCCCCS)CCCCCCN1CCCC[C@H]1C(=O)Nc1c(C)cccc1C. The van der Waals surface area contributed by atoms with E-state index in [1.54, 1.807) is 0 Å². The molecule has 1 aliphatic heterocycles. The first-order valence-corrected chi connectivity index (χ1v) is 19.4. The number of piperidine rings is 1. The molecule has 0 saturated carbocycles. The Morgan fingerprint density at radius 3 is 1.83 bits per heavy atom. The zero-order chi connectivity index (χ0) is 34.8. The van der Waals surface area contributed by atoms with Crippen LogP contribution in [0.4, 0.5) is 11.4 Å². The van der Waals surface area contributed by atoms with Crippen molar-refractivity contribution in [3.8, 4) is 0 Å². The van der Waals surface area contributed by atoms with Crippen molar-refractivity contribution in [3.05, 3.63) is 58.7 Å². The Bertz CT molecular complexity index is 1220. The first-order chi connectivity index (χ1) is 23.2. The van der Waals surface area contributed by atoms with Gasteiger partial charge in [0.05, 0.1) is 25.7 Å². The second-order valence-corrected chi connectivity index (χ2v) is 14.7. The number of hydrogen-bond donors (Lipinski definition) is 4. The molecule has 0 bridgehead atoms. The molecule has 0 aliphatic carbocycles. The molecule has 1 unspecified atom stereocenters. The van der Waals surface area contributed by atoms with Crippen LogP contribution >= 0.6 is 12.6 Å². The van der Waals surface area contributed by atoms with Gasteiger partial charge in [-0.05, 0) is 139 Å². The number of carbonyl (C=O) groups is 2. The number of hydrogen-bond acceptors (Lipinski definition) is 5. The number of carbonyl (C=O) groups excluding carboxylic acids is 2. The molecule has 0 aromatic heterocycles. The molecule has 1 heterocycles. The van der Waals surface area contributed by atoms with E-state index in [0.29, 0.717) is 6.54 Å². The Hall–Kier alpha value is -2.39. The van der Waals surface area contributed by atoms with E-state index in [4.69, 9.17) is 0 Å². The number of quaternary nitrogens is 1. The van der Waals surface area contributed by atoms with E-state index in [1.165, 1.54) is 0 Å². The second kappa shape index (κ2) is 21.6. The fourth-order valence-electron chi connectivity index (χ4n) is 7.43. The summed E-state index contributed by atoms with van der Waals surface area (Å²) in [5, 5.41) is 15.9. The molecule has 48 heavy (non-hydrogen) atoms. The van der Waals surface area contributed by atoms with Crippen LogP contribution in [0, 0.1) is 27.7 Å². The highest BCUT2D eigenvalue weighted by atomic mass is 32.1. The number of thiol groups is 1. The van der Waals surface area contributed by atoms with Crippen LogP contribution < -0.4 is 10.6 Å². The van der Waals surface area contributed by atoms with Gasteiger partial charge in [0.1, 0.15) is 0 Å². The van der Waals surface area contributed by atoms with Crippen LogP contribution in [0.5, 0.6) is 0 Å². The summed E-state index contributed by atoms with van der Waals surface area (Å²) in [4.78, 5) is 29.5. The topological polar surface area (TPSA) is 81.7 Å². The first-order valence-electron chi connectivity index (χ1n) is 18.7. The molecule has 8 heteroatoms. The van der Waals surface area contributed by atoms with E-state index in [9.17, 15) is 14.7 Å². The van der Waals surface area contributed by atoms with Gasteiger partial charge in [0.2, 0.25) is 5.91 Å². The largest absolute Gasteiger partial charge is 0.396 e. The molecule has 2 aromatic rings. The van der Waals surface area contributed by atoms with Crippen LogP contribution in [0.3, 0.4) is 0 Å². The van der Waals surface area contributed by atoms with E-state index in [-0.39, 0.29) is 24.5 Å². The van der Waals surface area contributed by atoms with Crippen molar-refractivity contribution in [2.24, 2.45) is 0 Å². The van der Waals surface area contributed by atoms with Crippen LogP contribution in [-0.2, 0) is 9.59 Å². The average Bonchev–Trinajstić information content (AvgIpc) is 3.06. The highest BCUT2D eigenvalue weighted by Crippen LogP contribution is 2.25. The number of aliphatic hydroxyl groups is 1. The van der Waals surface area contributed by atoms with Gasteiger partial charge in [0, 0.05) is 18.0 Å². The summed E-state index contributed by atoms with van der Waals surface area (Å²) in [5.74, 6) is 1.13. The number of amides is 2. The monoisotopic (exact) mass is 681 g/mol. The fraction of sp³-hybridized carbons (Fsp3) is 0.650. The molecule has 2 aromatic carbocycles. The van der Waals surface area contributed by atoms with Gasteiger partial charge in [-0.2, -0.15) is 12.6 Å². The first kappa shape index (κ1) is 40.0. The van der Waals surface area contributed by atoms with Gasteiger partial charge in [-0.1, -0.05) is 49.2 Å². The molecule has 7 nitrogen and oxygen atoms in total. The summed E-state index contributed by atoms with van der Waals surface area (Å²) in [6.07, 6.45) is 13.7. The number of para-hydroxylation sites is 2. The Balaban J connectivity index is 1.59. The van der Waals surface area contributed by atoms with Crippen LogP contribution in [0.15, 0.2) is 36.4 Å². The number of aliphatic hydroxyl groups excluding tert-OH is 1. The molecule has 0 spiro atoms. The summed E-state index contributed by atoms with van der Waals surface area (Å²) in [5.41, 5.74) is 6.30. The molecular weight excluding hydrogens is 617 g/mol. The van der Waals surface area contributed by atoms with Crippen LogP contribution in [-0.4, -0.2) is 84.0 Å². The van der Waals surface area contributed by atoms with Crippen LogP contribution in [0.25, 0.3) is 0 Å². The van der Waals surface area contributed by atoms with Crippen molar-refractivity contribution < 1.29 is 19.2 Å². The third-order valence-electron chi connectivity index (χ3n) is 10.3. The summed E-state index contributed by atoms with van der Waals surface area (Å²) in [6, 6.07) is 12.2. The maximum absolute atomic E-state index is 13.6. The van der Waals surface area contributed by atoms with Gasteiger partial charge in [-0.3, -0.25) is 14.5 Å². The number of benzene rings is 2. The maximum atomic E-state index is 13.6. The number of nitrogens with zero attached hydrogens (tertiary/aromatic N) is 2. The van der Waals surface area contributed by atoms with Crippen molar-refractivity contribution >= 4 is 35.8 Å². The maximum Gasteiger partial charge on any atom is 0.279 e. The Morgan fingerprint density at radius 2 is 1.27 bits per heavy atom. The van der Waals surface area contributed by atoms with Crippen molar-refractivity contribution in [2.45, 2.75) is 117 Å². The van der Waals surface area contributed by atoms with Gasteiger partial charge in [0.25, 0.3) is 5.91 Å². The molecule has 268 valence electrons. The predicted molar refractivity (Wildman–Crippen MR) is 205 cm³/mol. The molecule has 0 radical (unpaired) electrons. The molecule has 1 fully saturated rings. The van der Waals surface area contributed by atoms with E-state index in [2.05, 4.69) is 80.1 Å². The predicted octanol–water partition coefficient (Wildman–Crippen LogP) is 7.99. The normalized spacial score (nSPS) is 16.4. The zero-order valence-electron chi connectivity index (χ0n) is 30.5. The fourth-order valence-corrected chi connectivity index (χ4v) is 7.65. The van der Waals surface area contributed by atoms with Crippen molar-refractivity contribution in [3.63, 3.8) is 0 Å². The lowest BCUT2D eigenvalue weighted by Crippen LogP contribution is -2.54. The molecule has 1 aliphatic rings. The summed E-state index contributed by atoms with van der Waals surface area (Å²) < 4.78 is 0.807. The molecular formula is C40H65N4O3S+. The Kier molecular flexibility index (Phi) is 18.1. The lowest BCUT2D eigenvalue weighted by molar-refractivity contribution is -0.921. The van der Waals surface area contributed by atoms with Gasteiger partial charge >= 0.3 is 0 Å². The molecule has 3 N–H and O–H groups in total. The number of rotatable bonds is 22. The van der Waals surface area contributed by atoms with Gasteiger partial charge in [-0.25, -0.2) is 0 Å². The number of unbranched alkanes of at least 4 members (excludes halogenated alkanes) is 7. The van der Waals surface area contributed by atoms with Gasteiger partial charge < -0.3 is 20.2 Å². The summed E-state index contributed by atoms with van der Waals surface area (Å²) in [7, 11) is 0. The summed E-state index contributed by atoms with van der Waals surface area (Å²) >= 11 is 4.43. The van der Waals surface area contributed by atoms with Crippen molar-refractivity contribution in [1.82, 2.24) is 4.90 Å². The number of anilines is 2. The lowest BCUT2D eigenvalue weighted by Gasteiger charge is -2.39. The number of likely N-dealkylation sites (tertiary alicyclic amines) is 1.